The molecule has 13 heavy (non-hydrogen) atoms. The van der Waals surface area contributed by atoms with Crippen molar-refractivity contribution in [3.05, 3.63) is 16.1 Å². The molecular formula is C9H16N2OS. The molecule has 0 aliphatic rings. The summed E-state index contributed by atoms with van der Waals surface area (Å²) in [5.41, 5.74) is 5.51. The fraction of sp³-hybridized carbons (Fsp3) is 0.667. The maximum Gasteiger partial charge on any atom is 0.122 e. The van der Waals surface area contributed by atoms with E-state index < -0.39 is 0 Å². The summed E-state index contributed by atoms with van der Waals surface area (Å²) in [5.74, 6) is 0. The average Bonchev–Trinajstić information content (AvgIpc) is 2.62. The van der Waals surface area contributed by atoms with E-state index in [1.54, 1.807) is 18.4 Å². The minimum absolute atomic E-state index is 0.148. The summed E-state index contributed by atoms with van der Waals surface area (Å²) < 4.78 is 5.34. The Morgan fingerprint density at radius 3 is 2.92 bits per heavy atom. The molecule has 0 aromatic carbocycles. The highest BCUT2D eigenvalue weighted by Crippen LogP contribution is 2.25. The number of thiazole rings is 1. The van der Waals surface area contributed by atoms with E-state index in [1.807, 2.05) is 6.20 Å². The van der Waals surface area contributed by atoms with E-state index in [0.29, 0.717) is 6.54 Å². The molecule has 1 aromatic rings. The molecule has 1 unspecified atom stereocenters. The third-order valence-corrected chi connectivity index (χ3v) is 3.00. The van der Waals surface area contributed by atoms with Crippen molar-refractivity contribution in [2.24, 2.45) is 5.73 Å². The van der Waals surface area contributed by atoms with Gasteiger partial charge in [0.05, 0.1) is 0 Å². The largest absolute Gasteiger partial charge is 0.374 e. The van der Waals surface area contributed by atoms with Crippen molar-refractivity contribution >= 4 is 11.3 Å². The van der Waals surface area contributed by atoms with Crippen LogP contribution in [0.4, 0.5) is 0 Å². The zero-order valence-corrected chi connectivity index (χ0v) is 8.93. The van der Waals surface area contributed by atoms with Gasteiger partial charge >= 0.3 is 0 Å². The van der Waals surface area contributed by atoms with Crippen molar-refractivity contribution in [2.45, 2.75) is 32.4 Å². The molecule has 0 aliphatic heterocycles. The van der Waals surface area contributed by atoms with Crippen LogP contribution in [0, 0.1) is 0 Å². The molecule has 1 atom stereocenters. The fourth-order valence-electron chi connectivity index (χ4n) is 1.17. The Bertz CT molecular complexity index is 250. The Kier molecular flexibility index (Phi) is 4.35. The number of nitrogens with two attached hydrogens (primary N) is 1. The molecule has 3 nitrogen and oxygen atoms in total. The summed E-state index contributed by atoms with van der Waals surface area (Å²) in [6, 6.07) is 0. The Labute approximate surface area is 82.9 Å². The van der Waals surface area contributed by atoms with Gasteiger partial charge in [-0.05, 0) is 6.42 Å². The highest BCUT2D eigenvalue weighted by Gasteiger charge is 2.13. The van der Waals surface area contributed by atoms with Gasteiger partial charge in [0.25, 0.3) is 0 Å². The highest BCUT2D eigenvalue weighted by atomic mass is 32.1. The maximum atomic E-state index is 5.51. The highest BCUT2D eigenvalue weighted by molar-refractivity contribution is 7.11. The molecule has 2 N–H and O–H groups in total. The van der Waals surface area contributed by atoms with Crippen LogP contribution in [0.5, 0.6) is 0 Å². The standard InChI is InChI=1S/C9H16N2OS/c1-3-4-8(12-2)9-11-6-7(5-10)13-9/h6,8H,3-5,10H2,1-2H3. The van der Waals surface area contributed by atoms with Crippen molar-refractivity contribution in [2.75, 3.05) is 7.11 Å². The summed E-state index contributed by atoms with van der Waals surface area (Å²) in [7, 11) is 1.73. The molecule has 0 bridgehead atoms. The van der Waals surface area contributed by atoms with Crippen LogP contribution in [0.15, 0.2) is 6.20 Å². The lowest BCUT2D eigenvalue weighted by atomic mass is 10.2. The zero-order chi connectivity index (χ0) is 9.68. The van der Waals surface area contributed by atoms with Crippen LogP contribution in [-0.2, 0) is 11.3 Å². The lowest BCUT2D eigenvalue weighted by Gasteiger charge is -2.10. The Hall–Kier alpha value is -0.450. The SMILES string of the molecule is CCCC(OC)c1ncc(CN)s1. The van der Waals surface area contributed by atoms with Crippen LogP contribution in [-0.4, -0.2) is 12.1 Å². The van der Waals surface area contributed by atoms with E-state index in [2.05, 4.69) is 11.9 Å². The van der Waals surface area contributed by atoms with Crippen molar-refractivity contribution in [3.8, 4) is 0 Å². The molecule has 4 heteroatoms. The van der Waals surface area contributed by atoms with Gasteiger partial charge in [-0.25, -0.2) is 4.98 Å². The quantitative estimate of drug-likeness (QED) is 0.791. The Morgan fingerprint density at radius 1 is 1.69 bits per heavy atom. The minimum atomic E-state index is 0.148. The number of rotatable bonds is 5. The smallest absolute Gasteiger partial charge is 0.122 e. The van der Waals surface area contributed by atoms with Crippen LogP contribution < -0.4 is 5.73 Å². The lowest BCUT2D eigenvalue weighted by molar-refractivity contribution is 0.0947. The van der Waals surface area contributed by atoms with E-state index in [4.69, 9.17) is 10.5 Å². The summed E-state index contributed by atoms with van der Waals surface area (Å²) in [6.07, 6.45) is 4.11. The second-order valence-electron chi connectivity index (χ2n) is 2.88. The van der Waals surface area contributed by atoms with Gasteiger partial charge in [-0.1, -0.05) is 13.3 Å². The average molecular weight is 200 g/mol. The third-order valence-electron chi connectivity index (χ3n) is 1.88. The molecule has 74 valence electrons. The molecule has 0 spiro atoms. The zero-order valence-electron chi connectivity index (χ0n) is 8.12. The Balaban J connectivity index is 2.67. The summed E-state index contributed by atoms with van der Waals surface area (Å²) in [4.78, 5) is 5.41. The van der Waals surface area contributed by atoms with E-state index >= 15 is 0 Å². The van der Waals surface area contributed by atoms with Crippen LogP contribution in [0.2, 0.25) is 0 Å². The second kappa shape index (κ2) is 5.32. The molecule has 0 radical (unpaired) electrons. The van der Waals surface area contributed by atoms with Crippen LogP contribution in [0.1, 0.15) is 35.8 Å². The van der Waals surface area contributed by atoms with Crippen molar-refractivity contribution in [3.63, 3.8) is 0 Å². The third kappa shape index (κ3) is 2.76. The topological polar surface area (TPSA) is 48.1 Å². The van der Waals surface area contributed by atoms with Gasteiger partial charge in [-0.2, -0.15) is 0 Å². The van der Waals surface area contributed by atoms with E-state index in [9.17, 15) is 0 Å². The molecule has 0 amide bonds. The van der Waals surface area contributed by atoms with Crippen LogP contribution in [0.3, 0.4) is 0 Å². The molecule has 0 saturated carbocycles. The number of methoxy groups -OCH3 is 1. The van der Waals surface area contributed by atoms with Gasteiger partial charge in [-0.15, -0.1) is 11.3 Å². The molecular weight excluding hydrogens is 184 g/mol. The molecule has 1 heterocycles. The number of hydrogen-bond acceptors (Lipinski definition) is 4. The number of aromatic nitrogens is 1. The first-order valence-electron chi connectivity index (χ1n) is 4.49. The molecule has 1 aromatic heterocycles. The van der Waals surface area contributed by atoms with Gasteiger partial charge in [0.15, 0.2) is 0 Å². The van der Waals surface area contributed by atoms with E-state index in [1.165, 1.54) is 0 Å². The minimum Gasteiger partial charge on any atom is -0.374 e. The van der Waals surface area contributed by atoms with Gasteiger partial charge in [0.2, 0.25) is 0 Å². The van der Waals surface area contributed by atoms with Gasteiger partial charge in [0, 0.05) is 24.7 Å². The van der Waals surface area contributed by atoms with Crippen LogP contribution >= 0.6 is 11.3 Å². The summed E-state index contributed by atoms with van der Waals surface area (Å²) in [5, 5.41) is 1.05. The molecule has 0 fully saturated rings. The predicted octanol–water partition coefficient (Wildman–Crippen LogP) is 2.09. The fourth-order valence-corrected chi connectivity index (χ4v) is 2.08. The lowest BCUT2D eigenvalue weighted by Crippen LogP contribution is -1.99. The summed E-state index contributed by atoms with van der Waals surface area (Å²) in [6.45, 7) is 2.71. The number of nitrogens with zero attached hydrogens (tertiary/aromatic N) is 1. The van der Waals surface area contributed by atoms with Crippen molar-refractivity contribution in [1.82, 2.24) is 4.98 Å². The summed E-state index contributed by atoms with van der Waals surface area (Å²) >= 11 is 1.64. The van der Waals surface area contributed by atoms with Gasteiger partial charge in [0.1, 0.15) is 11.1 Å². The normalized spacial score (nSPS) is 13.2. The maximum absolute atomic E-state index is 5.51. The van der Waals surface area contributed by atoms with Crippen LogP contribution in [0.25, 0.3) is 0 Å². The Morgan fingerprint density at radius 2 is 2.46 bits per heavy atom. The predicted molar refractivity (Wildman–Crippen MR) is 54.7 cm³/mol. The number of hydrogen-bond donors (Lipinski definition) is 1. The number of ether oxygens (including phenoxy) is 1. The van der Waals surface area contributed by atoms with Crippen molar-refractivity contribution < 1.29 is 4.74 Å². The van der Waals surface area contributed by atoms with Crippen molar-refractivity contribution in [1.29, 1.82) is 0 Å². The van der Waals surface area contributed by atoms with Gasteiger partial charge in [-0.3, -0.25) is 0 Å². The monoisotopic (exact) mass is 200 g/mol. The first-order valence-corrected chi connectivity index (χ1v) is 5.31. The molecule has 0 saturated heterocycles. The second-order valence-corrected chi connectivity index (χ2v) is 4.03. The van der Waals surface area contributed by atoms with E-state index in [-0.39, 0.29) is 6.10 Å². The first kappa shape index (κ1) is 10.6. The first-order chi connectivity index (χ1) is 6.31. The van der Waals surface area contributed by atoms with Gasteiger partial charge < -0.3 is 10.5 Å². The molecule has 1 rings (SSSR count). The molecule has 0 aliphatic carbocycles. The van der Waals surface area contributed by atoms with E-state index in [0.717, 1.165) is 22.7 Å².